The van der Waals surface area contributed by atoms with Crippen LogP contribution < -0.4 is 10.1 Å². The molecule has 0 aliphatic carbocycles. The molecule has 1 amide bonds. The van der Waals surface area contributed by atoms with E-state index in [2.05, 4.69) is 20.8 Å². The van der Waals surface area contributed by atoms with Crippen LogP contribution in [0.5, 0.6) is 5.75 Å². The summed E-state index contributed by atoms with van der Waals surface area (Å²) >= 11 is 0. The summed E-state index contributed by atoms with van der Waals surface area (Å²) in [5.74, 6) is 1.16. The first-order valence-corrected chi connectivity index (χ1v) is 10.3. The summed E-state index contributed by atoms with van der Waals surface area (Å²) in [6.07, 6.45) is -0.651. The number of hydrogen-bond acceptors (Lipinski definition) is 6. The lowest BCUT2D eigenvalue weighted by Crippen LogP contribution is -2.48. The Morgan fingerprint density at radius 1 is 1.10 bits per heavy atom. The number of rotatable bonds is 6. The summed E-state index contributed by atoms with van der Waals surface area (Å²) < 4.78 is 7.21. The molecule has 0 bridgehead atoms. The second-order valence-electron chi connectivity index (χ2n) is 8.59. The smallest absolute Gasteiger partial charge is 0.410 e. The number of nitrogens with one attached hydrogen (secondary N) is 1. The van der Waals surface area contributed by atoms with Gasteiger partial charge in [-0.25, -0.2) is 4.79 Å². The van der Waals surface area contributed by atoms with E-state index in [1.807, 2.05) is 51.1 Å². The SMILES string of the molecule is Cc1ccc(-c2cc(OC(=O)N[C@@H](C)C(C)(C)O)cc(-n3nnnc3C(C)C)c2)cc1. The lowest BCUT2D eigenvalue weighted by Gasteiger charge is -2.26. The summed E-state index contributed by atoms with van der Waals surface area (Å²) in [5, 5.41) is 24.8. The van der Waals surface area contributed by atoms with Crippen molar-refractivity contribution >= 4 is 6.09 Å². The Bertz CT molecular complexity index is 1050. The van der Waals surface area contributed by atoms with E-state index in [-0.39, 0.29) is 5.92 Å². The van der Waals surface area contributed by atoms with Crippen LogP contribution in [0.1, 0.15) is 51.9 Å². The van der Waals surface area contributed by atoms with E-state index in [4.69, 9.17) is 4.74 Å². The van der Waals surface area contributed by atoms with Crippen molar-refractivity contribution in [2.24, 2.45) is 0 Å². The molecule has 31 heavy (non-hydrogen) atoms. The second-order valence-corrected chi connectivity index (χ2v) is 8.59. The molecule has 0 saturated heterocycles. The third-order valence-corrected chi connectivity index (χ3v) is 5.14. The molecular weight excluding hydrogens is 394 g/mol. The van der Waals surface area contributed by atoms with Crippen molar-refractivity contribution in [3.8, 4) is 22.6 Å². The van der Waals surface area contributed by atoms with Crippen molar-refractivity contribution in [3.63, 3.8) is 0 Å². The van der Waals surface area contributed by atoms with Crippen LogP contribution in [-0.4, -0.2) is 43.0 Å². The molecule has 0 fully saturated rings. The molecule has 1 atom stereocenters. The minimum Gasteiger partial charge on any atom is -0.410 e. The lowest BCUT2D eigenvalue weighted by molar-refractivity contribution is 0.0450. The number of carbonyl (C=O) groups excluding carboxylic acids is 1. The van der Waals surface area contributed by atoms with Gasteiger partial charge in [0.2, 0.25) is 0 Å². The highest BCUT2D eigenvalue weighted by Gasteiger charge is 2.25. The molecule has 2 aromatic carbocycles. The van der Waals surface area contributed by atoms with Gasteiger partial charge in [0.1, 0.15) is 5.75 Å². The normalized spacial score (nSPS) is 12.6. The number of hydrogen-bond donors (Lipinski definition) is 2. The average Bonchev–Trinajstić information content (AvgIpc) is 3.17. The lowest BCUT2D eigenvalue weighted by atomic mass is 10.0. The van der Waals surface area contributed by atoms with Crippen LogP contribution in [0.4, 0.5) is 4.79 Å². The molecule has 2 N–H and O–H groups in total. The van der Waals surface area contributed by atoms with Gasteiger partial charge in [0.15, 0.2) is 5.82 Å². The van der Waals surface area contributed by atoms with Gasteiger partial charge in [0.25, 0.3) is 0 Å². The number of aryl methyl sites for hydroxylation is 1. The van der Waals surface area contributed by atoms with Crippen molar-refractivity contribution in [3.05, 3.63) is 53.9 Å². The Hall–Kier alpha value is -3.26. The number of carbonyl (C=O) groups is 1. The van der Waals surface area contributed by atoms with Gasteiger partial charge in [-0.1, -0.05) is 43.7 Å². The maximum atomic E-state index is 12.4. The van der Waals surface area contributed by atoms with E-state index in [9.17, 15) is 9.90 Å². The zero-order valence-electron chi connectivity index (χ0n) is 18.7. The van der Waals surface area contributed by atoms with Crippen LogP contribution in [0.2, 0.25) is 0 Å². The predicted molar refractivity (Wildman–Crippen MR) is 118 cm³/mol. The summed E-state index contributed by atoms with van der Waals surface area (Å²) in [7, 11) is 0. The molecule has 164 valence electrons. The minimum absolute atomic E-state index is 0.110. The van der Waals surface area contributed by atoms with Gasteiger partial charge in [-0.3, -0.25) is 0 Å². The first-order valence-electron chi connectivity index (χ1n) is 10.3. The fourth-order valence-electron chi connectivity index (χ4n) is 2.91. The number of amides is 1. The first-order chi connectivity index (χ1) is 14.5. The molecule has 1 heterocycles. The van der Waals surface area contributed by atoms with Crippen LogP contribution >= 0.6 is 0 Å². The molecule has 3 rings (SSSR count). The maximum absolute atomic E-state index is 12.4. The summed E-state index contributed by atoms with van der Waals surface area (Å²) in [6, 6.07) is 13.0. The Morgan fingerprint density at radius 3 is 2.39 bits per heavy atom. The fraction of sp³-hybridized carbons (Fsp3) is 0.391. The van der Waals surface area contributed by atoms with Gasteiger partial charge in [0, 0.05) is 12.0 Å². The Kier molecular flexibility index (Phi) is 6.40. The summed E-state index contributed by atoms with van der Waals surface area (Å²) in [6.45, 7) is 11.0. The van der Waals surface area contributed by atoms with E-state index in [0.717, 1.165) is 16.7 Å². The average molecular weight is 424 g/mol. The van der Waals surface area contributed by atoms with E-state index < -0.39 is 17.7 Å². The van der Waals surface area contributed by atoms with Crippen LogP contribution in [-0.2, 0) is 0 Å². The molecule has 3 aromatic rings. The molecule has 0 aliphatic heterocycles. The molecule has 8 heteroatoms. The Morgan fingerprint density at radius 2 is 1.77 bits per heavy atom. The minimum atomic E-state index is -1.08. The molecule has 0 spiro atoms. The van der Waals surface area contributed by atoms with Crippen LogP contribution in [0.3, 0.4) is 0 Å². The number of benzene rings is 2. The number of nitrogens with zero attached hydrogens (tertiary/aromatic N) is 4. The highest BCUT2D eigenvalue weighted by molar-refractivity contribution is 5.74. The summed E-state index contributed by atoms with van der Waals surface area (Å²) in [5.41, 5.74) is 2.60. The van der Waals surface area contributed by atoms with Gasteiger partial charge in [0.05, 0.1) is 17.3 Å². The molecule has 0 aliphatic rings. The van der Waals surface area contributed by atoms with Crippen molar-refractivity contribution in [2.45, 2.75) is 59.1 Å². The molecule has 0 unspecified atom stereocenters. The number of aromatic nitrogens is 4. The largest absolute Gasteiger partial charge is 0.412 e. The van der Waals surface area contributed by atoms with Gasteiger partial charge < -0.3 is 15.2 Å². The van der Waals surface area contributed by atoms with Crippen LogP contribution in [0.25, 0.3) is 16.8 Å². The van der Waals surface area contributed by atoms with Gasteiger partial charge in [-0.15, -0.1) is 5.10 Å². The molecule has 0 saturated carbocycles. The topological polar surface area (TPSA) is 102 Å². The number of ether oxygens (including phenoxy) is 1. The molecule has 1 aromatic heterocycles. The quantitative estimate of drug-likeness (QED) is 0.621. The second kappa shape index (κ2) is 8.85. The van der Waals surface area contributed by atoms with E-state index in [1.54, 1.807) is 37.6 Å². The van der Waals surface area contributed by atoms with E-state index in [0.29, 0.717) is 17.3 Å². The highest BCUT2D eigenvalue weighted by atomic mass is 16.6. The number of tetrazole rings is 1. The van der Waals surface area contributed by atoms with E-state index >= 15 is 0 Å². The monoisotopic (exact) mass is 423 g/mol. The van der Waals surface area contributed by atoms with Gasteiger partial charge in [-0.05, 0) is 61.4 Å². The molecule has 8 nitrogen and oxygen atoms in total. The zero-order valence-corrected chi connectivity index (χ0v) is 18.7. The third-order valence-electron chi connectivity index (χ3n) is 5.14. The van der Waals surface area contributed by atoms with Crippen LogP contribution in [0, 0.1) is 6.92 Å². The fourth-order valence-corrected chi connectivity index (χ4v) is 2.91. The van der Waals surface area contributed by atoms with Crippen molar-refractivity contribution in [1.29, 1.82) is 0 Å². The standard InChI is InChI=1S/C23H29N5O3/c1-14(2)21-25-26-27-28(21)19-11-18(17-9-7-15(3)8-10-17)12-20(13-19)31-22(29)24-16(4)23(5,6)30/h7-14,16,30H,1-6H3,(H,24,29)/t16-/m0/s1. The summed E-state index contributed by atoms with van der Waals surface area (Å²) in [4.78, 5) is 12.4. The zero-order chi connectivity index (χ0) is 22.8. The van der Waals surface area contributed by atoms with Crippen molar-refractivity contribution in [1.82, 2.24) is 25.5 Å². The third kappa shape index (κ3) is 5.46. The Balaban J connectivity index is 2.00. The van der Waals surface area contributed by atoms with Crippen molar-refractivity contribution in [2.75, 3.05) is 0 Å². The number of aliphatic hydroxyl groups is 1. The van der Waals surface area contributed by atoms with Crippen molar-refractivity contribution < 1.29 is 14.6 Å². The van der Waals surface area contributed by atoms with Gasteiger partial charge >= 0.3 is 6.09 Å². The van der Waals surface area contributed by atoms with Crippen LogP contribution in [0.15, 0.2) is 42.5 Å². The highest BCUT2D eigenvalue weighted by Crippen LogP contribution is 2.29. The van der Waals surface area contributed by atoms with Gasteiger partial charge in [-0.2, -0.15) is 4.68 Å². The first kappa shape index (κ1) is 22.4. The molecular formula is C23H29N5O3. The maximum Gasteiger partial charge on any atom is 0.412 e. The molecule has 0 radical (unpaired) electrons. The van der Waals surface area contributed by atoms with E-state index in [1.165, 1.54) is 0 Å². The predicted octanol–water partition coefficient (Wildman–Crippen LogP) is 4.01. The Labute approximate surface area is 182 Å².